The van der Waals surface area contributed by atoms with E-state index in [1.54, 1.807) is 7.11 Å². The second-order valence-electron chi connectivity index (χ2n) is 4.87. The molecule has 4 heteroatoms. The minimum atomic E-state index is 0.562. The quantitative estimate of drug-likeness (QED) is 0.912. The van der Waals surface area contributed by atoms with Gasteiger partial charge in [0.15, 0.2) is 0 Å². The summed E-state index contributed by atoms with van der Waals surface area (Å²) in [5.41, 5.74) is 3.13. The Morgan fingerprint density at radius 3 is 2.58 bits per heavy atom. The van der Waals surface area contributed by atoms with E-state index in [1.807, 2.05) is 37.4 Å². The van der Waals surface area contributed by atoms with E-state index >= 15 is 0 Å². The number of hydrogen-bond acceptors (Lipinski definition) is 4. The summed E-state index contributed by atoms with van der Waals surface area (Å²) in [5.74, 6) is 1.57. The number of hydrogen-bond donors (Lipinski definition) is 1. The van der Waals surface area contributed by atoms with Gasteiger partial charge in [0.05, 0.1) is 12.8 Å². The molecule has 1 N–H and O–H groups in total. The molecule has 0 amide bonds. The number of nitrogens with zero attached hydrogens (tertiary/aromatic N) is 2. The summed E-state index contributed by atoms with van der Waals surface area (Å²) < 4.78 is 5.17. The average Bonchev–Trinajstić information content (AvgIpc) is 3.25. The number of nitrogens with one attached hydrogen (secondary N) is 1. The topological polar surface area (TPSA) is 47.0 Å². The highest BCUT2D eigenvalue weighted by atomic mass is 16.5. The van der Waals surface area contributed by atoms with Crippen molar-refractivity contribution in [2.45, 2.75) is 25.8 Å². The van der Waals surface area contributed by atoms with Crippen LogP contribution < -0.4 is 10.1 Å². The van der Waals surface area contributed by atoms with E-state index in [0.29, 0.717) is 6.04 Å². The van der Waals surface area contributed by atoms with E-state index in [9.17, 15) is 0 Å². The molecule has 4 nitrogen and oxygen atoms in total. The molecule has 0 radical (unpaired) electrons. The highest BCUT2D eigenvalue weighted by Crippen LogP contribution is 2.26. The Bertz CT molecular complexity index is 576. The van der Waals surface area contributed by atoms with Crippen molar-refractivity contribution in [1.82, 2.24) is 9.97 Å². The molecule has 19 heavy (non-hydrogen) atoms. The lowest BCUT2D eigenvalue weighted by Crippen LogP contribution is -2.06. The fraction of sp³-hybridized carbons (Fsp3) is 0.333. The van der Waals surface area contributed by atoms with Crippen LogP contribution in [0.15, 0.2) is 30.5 Å². The lowest BCUT2D eigenvalue weighted by Gasteiger charge is -2.09. The number of methoxy groups -OCH3 is 1. The van der Waals surface area contributed by atoms with Gasteiger partial charge in [0.25, 0.3) is 0 Å². The zero-order chi connectivity index (χ0) is 13.2. The molecule has 0 saturated heterocycles. The Hall–Kier alpha value is -2.10. The molecule has 1 aliphatic rings. The third-order valence-electron chi connectivity index (χ3n) is 3.25. The standard InChI is InChI=1S/C15H17N3O/c1-10-9-16-15(17-12-5-6-12)18-14(10)11-3-7-13(19-2)8-4-11/h3-4,7-9,12H,5-6H2,1-2H3,(H,16,17,18). The molecular formula is C15H17N3O. The van der Waals surface area contributed by atoms with Crippen LogP contribution in [0.3, 0.4) is 0 Å². The van der Waals surface area contributed by atoms with E-state index in [4.69, 9.17) is 4.74 Å². The molecule has 3 rings (SSSR count). The maximum atomic E-state index is 5.17. The van der Waals surface area contributed by atoms with Gasteiger partial charge < -0.3 is 10.1 Å². The first-order chi connectivity index (χ1) is 9.26. The van der Waals surface area contributed by atoms with Crippen LogP contribution in [0.4, 0.5) is 5.95 Å². The maximum Gasteiger partial charge on any atom is 0.223 e. The van der Waals surface area contributed by atoms with Crippen molar-refractivity contribution in [2.24, 2.45) is 0 Å². The van der Waals surface area contributed by atoms with Crippen LogP contribution in [0.2, 0.25) is 0 Å². The molecule has 1 aliphatic carbocycles. The van der Waals surface area contributed by atoms with Crippen LogP contribution in [0.5, 0.6) is 5.75 Å². The van der Waals surface area contributed by atoms with E-state index < -0.39 is 0 Å². The minimum Gasteiger partial charge on any atom is -0.497 e. The molecule has 0 unspecified atom stereocenters. The predicted molar refractivity (Wildman–Crippen MR) is 75.4 cm³/mol. The van der Waals surface area contributed by atoms with Gasteiger partial charge in [-0.25, -0.2) is 9.97 Å². The summed E-state index contributed by atoms with van der Waals surface area (Å²) in [7, 11) is 1.67. The van der Waals surface area contributed by atoms with E-state index in [1.165, 1.54) is 12.8 Å². The largest absolute Gasteiger partial charge is 0.497 e. The second kappa shape index (κ2) is 4.88. The Labute approximate surface area is 112 Å². The van der Waals surface area contributed by atoms with Gasteiger partial charge in [0.1, 0.15) is 5.75 Å². The molecule has 1 fully saturated rings. The van der Waals surface area contributed by atoms with Crippen LogP contribution in [0.25, 0.3) is 11.3 Å². The fourth-order valence-corrected chi connectivity index (χ4v) is 1.96. The molecular weight excluding hydrogens is 238 g/mol. The monoisotopic (exact) mass is 255 g/mol. The molecule has 0 atom stereocenters. The van der Waals surface area contributed by atoms with Crippen molar-refractivity contribution in [2.75, 3.05) is 12.4 Å². The van der Waals surface area contributed by atoms with Crippen molar-refractivity contribution in [3.63, 3.8) is 0 Å². The number of rotatable bonds is 4. The Morgan fingerprint density at radius 2 is 1.95 bits per heavy atom. The lowest BCUT2D eigenvalue weighted by molar-refractivity contribution is 0.415. The van der Waals surface area contributed by atoms with Gasteiger partial charge in [-0.05, 0) is 49.6 Å². The van der Waals surface area contributed by atoms with Crippen molar-refractivity contribution in [3.05, 3.63) is 36.0 Å². The highest BCUT2D eigenvalue weighted by molar-refractivity contribution is 5.64. The van der Waals surface area contributed by atoms with Gasteiger partial charge in [-0.15, -0.1) is 0 Å². The van der Waals surface area contributed by atoms with Crippen LogP contribution in [0.1, 0.15) is 18.4 Å². The van der Waals surface area contributed by atoms with E-state index in [2.05, 4.69) is 15.3 Å². The first kappa shape index (κ1) is 12.0. The molecule has 1 aromatic heterocycles. The molecule has 0 bridgehead atoms. The van der Waals surface area contributed by atoms with Gasteiger partial charge in [-0.1, -0.05) is 0 Å². The number of aromatic nitrogens is 2. The predicted octanol–water partition coefficient (Wildman–Crippen LogP) is 3.03. The molecule has 0 spiro atoms. The zero-order valence-corrected chi connectivity index (χ0v) is 11.2. The average molecular weight is 255 g/mol. The third-order valence-corrected chi connectivity index (χ3v) is 3.25. The van der Waals surface area contributed by atoms with Crippen molar-refractivity contribution < 1.29 is 4.74 Å². The first-order valence-electron chi connectivity index (χ1n) is 6.51. The van der Waals surface area contributed by atoms with Gasteiger partial charge in [-0.3, -0.25) is 0 Å². The summed E-state index contributed by atoms with van der Waals surface area (Å²) in [5, 5.41) is 3.33. The molecule has 1 saturated carbocycles. The first-order valence-corrected chi connectivity index (χ1v) is 6.51. The number of aryl methyl sites for hydroxylation is 1. The molecule has 2 aromatic rings. The summed E-state index contributed by atoms with van der Waals surface area (Å²) in [6, 6.07) is 8.51. The smallest absolute Gasteiger partial charge is 0.223 e. The summed E-state index contributed by atoms with van der Waals surface area (Å²) in [6.45, 7) is 2.03. The SMILES string of the molecule is COc1ccc(-c2nc(NC3CC3)ncc2C)cc1. The van der Waals surface area contributed by atoms with E-state index in [-0.39, 0.29) is 0 Å². The molecule has 1 aromatic carbocycles. The minimum absolute atomic E-state index is 0.562. The van der Waals surface area contributed by atoms with Gasteiger partial charge in [0, 0.05) is 17.8 Å². The maximum absolute atomic E-state index is 5.17. The number of benzene rings is 1. The highest BCUT2D eigenvalue weighted by Gasteiger charge is 2.22. The fourth-order valence-electron chi connectivity index (χ4n) is 1.96. The van der Waals surface area contributed by atoms with Gasteiger partial charge >= 0.3 is 0 Å². The summed E-state index contributed by atoms with van der Waals surface area (Å²) in [4.78, 5) is 8.95. The normalized spacial score (nSPS) is 14.2. The molecule has 0 aliphatic heterocycles. The van der Waals surface area contributed by atoms with Crippen LogP contribution >= 0.6 is 0 Å². The Morgan fingerprint density at radius 1 is 1.21 bits per heavy atom. The summed E-state index contributed by atoms with van der Waals surface area (Å²) >= 11 is 0. The zero-order valence-electron chi connectivity index (χ0n) is 11.2. The van der Waals surface area contributed by atoms with E-state index in [0.717, 1.165) is 28.5 Å². The Balaban J connectivity index is 1.92. The number of anilines is 1. The van der Waals surface area contributed by atoms with Gasteiger partial charge in [0.2, 0.25) is 5.95 Å². The lowest BCUT2D eigenvalue weighted by atomic mass is 10.1. The summed E-state index contributed by atoms with van der Waals surface area (Å²) in [6.07, 6.45) is 4.31. The Kier molecular flexibility index (Phi) is 3.07. The second-order valence-corrected chi connectivity index (χ2v) is 4.87. The third kappa shape index (κ3) is 2.67. The number of ether oxygens (including phenoxy) is 1. The van der Waals surface area contributed by atoms with Crippen LogP contribution in [0, 0.1) is 6.92 Å². The van der Waals surface area contributed by atoms with Crippen molar-refractivity contribution in [1.29, 1.82) is 0 Å². The van der Waals surface area contributed by atoms with Crippen molar-refractivity contribution >= 4 is 5.95 Å². The van der Waals surface area contributed by atoms with Crippen molar-refractivity contribution in [3.8, 4) is 17.0 Å². The molecule has 1 heterocycles. The van der Waals surface area contributed by atoms with Crippen LogP contribution in [-0.4, -0.2) is 23.1 Å². The van der Waals surface area contributed by atoms with Gasteiger partial charge in [-0.2, -0.15) is 0 Å². The molecule has 98 valence electrons. The van der Waals surface area contributed by atoms with Crippen LogP contribution in [-0.2, 0) is 0 Å².